The molecule has 7 heteroatoms. The van der Waals surface area contributed by atoms with Crippen LogP contribution in [-0.4, -0.2) is 24.0 Å². The number of nitrogens with one attached hydrogen (secondary N) is 2. The number of thiazole rings is 1. The molecule has 0 aliphatic heterocycles. The number of halogens is 2. The van der Waals surface area contributed by atoms with Crippen molar-refractivity contribution in [3.8, 4) is 0 Å². The Bertz CT molecular complexity index is 700. The molecule has 0 aliphatic carbocycles. The molecule has 0 aliphatic rings. The van der Waals surface area contributed by atoms with Crippen LogP contribution in [0.2, 0.25) is 0 Å². The van der Waals surface area contributed by atoms with Gasteiger partial charge in [-0.15, -0.1) is 11.3 Å². The van der Waals surface area contributed by atoms with Gasteiger partial charge in [-0.2, -0.15) is 0 Å². The van der Waals surface area contributed by atoms with Crippen LogP contribution in [0.25, 0.3) is 0 Å². The van der Waals surface area contributed by atoms with Gasteiger partial charge in [-0.25, -0.2) is 13.8 Å². The number of nitrogens with zero attached hydrogens (tertiary/aromatic N) is 2. The lowest BCUT2D eigenvalue weighted by atomic mass is 10.1. The topological polar surface area (TPSA) is 49.3 Å². The zero-order valence-electron chi connectivity index (χ0n) is 14.1. The number of benzene rings is 1. The first-order chi connectivity index (χ1) is 11.5. The van der Waals surface area contributed by atoms with Crippen molar-refractivity contribution in [3.63, 3.8) is 0 Å². The first-order valence-electron chi connectivity index (χ1n) is 7.90. The van der Waals surface area contributed by atoms with Crippen LogP contribution in [0.5, 0.6) is 0 Å². The summed E-state index contributed by atoms with van der Waals surface area (Å²) in [7, 11) is 0. The van der Waals surface area contributed by atoms with E-state index >= 15 is 0 Å². The molecule has 2 N–H and O–H groups in total. The molecule has 130 valence electrons. The zero-order valence-corrected chi connectivity index (χ0v) is 14.9. The molecule has 0 amide bonds. The van der Waals surface area contributed by atoms with Crippen molar-refractivity contribution in [3.05, 3.63) is 51.5 Å². The minimum absolute atomic E-state index is 0.194. The highest BCUT2D eigenvalue weighted by atomic mass is 32.1. The number of aliphatic imine (C=N–C) groups is 1. The van der Waals surface area contributed by atoms with Crippen molar-refractivity contribution in [2.45, 2.75) is 33.2 Å². The molecule has 1 aromatic carbocycles. The van der Waals surface area contributed by atoms with Crippen molar-refractivity contribution in [2.24, 2.45) is 4.99 Å². The molecule has 0 saturated carbocycles. The molecule has 0 saturated heterocycles. The fourth-order valence-electron chi connectivity index (χ4n) is 2.17. The van der Waals surface area contributed by atoms with E-state index in [-0.39, 0.29) is 6.04 Å². The zero-order chi connectivity index (χ0) is 17.5. The van der Waals surface area contributed by atoms with Gasteiger partial charge in [0.15, 0.2) is 17.6 Å². The molecule has 2 aromatic rings. The molecule has 24 heavy (non-hydrogen) atoms. The molecule has 0 spiro atoms. The van der Waals surface area contributed by atoms with Gasteiger partial charge in [0.2, 0.25) is 0 Å². The lowest BCUT2D eigenvalue weighted by Crippen LogP contribution is -2.39. The number of aryl methyl sites for hydroxylation is 1. The number of aromatic nitrogens is 1. The van der Waals surface area contributed by atoms with Gasteiger partial charge in [-0.3, -0.25) is 4.99 Å². The Kier molecular flexibility index (Phi) is 6.66. The molecule has 0 radical (unpaired) electrons. The quantitative estimate of drug-likeness (QED) is 0.617. The van der Waals surface area contributed by atoms with Crippen LogP contribution < -0.4 is 10.6 Å². The summed E-state index contributed by atoms with van der Waals surface area (Å²) in [4.78, 5) is 10.0. The van der Waals surface area contributed by atoms with Crippen LogP contribution in [0.4, 0.5) is 8.78 Å². The van der Waals surface area contributed by atoms with E-state index in [0.717, 1.165) is 17.5 Å². The van der Waals surface area contributed by atoms with E-state index in [1.165, 1.54) is 10.9 Å². The predicted octanol–water partition coefficient (Wildman–Crippen LogP) is 3.59. The van der Waals surface area contributed by atoms with E-state index in [1.807, 2.05) is 27.0 Å². The molecule has 1 unspecified atom stereocenters. The van der Waals surface area contributed by atoms with E-state index in [9.17, 15) is 8.78 Å². The van der Waals surface area contributed by atoms with Gasteiger partial charge in [0.05, 0.1) is 11.0 Å². The van der Waals surface area contributed by atoms with Crippen LogP contribution >= 0.6 is 11.3 Å². The smallest absolute Gasteiger partial charge is 0.191 e. The molecular weight excluding hydrogens is 330 g/mol. The minimum Gasteiger partial charge on any atom is -0.357 e. The second-order valence-electron chi connectivity index (χ2n) is 5.41. The maximum absolute atomic E-state index is 13.4. The summed E-state index contributed by atoms with van der Waals surface area (Å²) in [6, 6.07) is 3.71. The second kappa shape index (κ2) is 8.73. The van der Waals surface area contributed by atoms with Gasteiger partial charge < -0.3 is 10.6 Å². The number of hydrogen-bond donors (Lipinski definition) is 2. The van der Waals surface area contributed by atoms with Gasteiger partial charge in [0, 0.05) is 30.6 Å². The van der Waals surface area contributed by atoms with Gasteiger partial charge in [-0.1, -0.05) is 6.07 Å². The summed E-state index contributed by atoms with van der Waals surface area (Å²) in [5.41, 5.74) is 0.662. The highest BCUT2D eigenvalue weighted by Crippen LogP contribution is 2.16. The van der Waals surface area contributed by atoms with Crippen molar-refractivity contribution < 1.29 is 8.78 Å². The number of hydrogen-bond acceptors (Lipinski definition) is 3. The molecule has 0 fully saturated rings. The van der Waals surface area contributed by atoms with Gasteiger partial charge in [0.1, 0.15) is 0 Å². The van der Waals surface area contributed by atoms with Crippen molar-refractivity contribution >= 4 is 17.3 Å². The summed E-state index contributed by atoms with van der Waals surface area (Å²) in [6.07, 6.45) is 2.63. The fourth-order valence-corrected chi connectivity index (χ4v) is 2.95. The van der Waals surface area contributed by atoms with Crippen molar-refractivity contribution in [1.82, 2.24) is 15.6 Å². The Labute approximate surface area is 145 Å². The molecule has 2 rings (SSSR count). The van der Waals surface area contributed by atoms with Gasteiger partial charge >= 0.3 is 0 Å². The van der Waals surface area contributed by atoms with Crippen LogP contribution in [0, 0.1) is 18.6 Å². The first kappa shape index (κ1) is 18.3. The summed E-state index contributed by atoms with van der Waals surface area (Å²) in [6.45, 7) is 7.20. The Morgan fingerprint density at radius 3 is 2.75 bits per heavy atom. The third kappa shape index (κ3) is 5.26. The summed E-state index contributed by atoms with van der Waals surface area (Å²) >= 11 is 1.67. The average Bonchev–Trinajstić information content (AvgIpc) is 2.95. The molecule has 0 bridgehead atoms. The van der Waals surface area contributed by atoms with Crippen LogP contribution in [-0.2, 0) is 6.42 Å². The molecule has 4 nitrogen and oxygen atoms in total. The highest BCUT2D eigenvalue weighted by molar-refractivity contribution is 7.11. The van der Waals surface area contributed by atoms with Gasteiger partial charge in [-0.05, 0) is 38.5 Å². The van der Waals surface area contributed by atoms with E-state index in [4.69, 9.17) is 0 Å². The first-order valence-corrected chi connectivity index (χ1v) is 8.72. The highest BCUT2D eigenvalue weighted by Gasteiger charge is 2.11. The van der Waals surface area contributed by atoms with Crippen molar-refractivity contribution in [1.29, 1.82) is 0 Å². The summed E-state index contributed by atoms with van der Waals surface area (Å²) < 4.78 is 26.4. The Morgan fingerprint density at radius 2 is 2.12 bits per heavy atom. The summed E-state index contributed by atoms with van der Waals surface area (Å²) in [5.74, 6) is -1.05. The predicted molar refractivity (Wildman–Crippen MR) is 94.4 cm³/mol. The summed E-state index contributed by atoms with van der Waals surface area (Å²) in [5, 5.41) is 7.42. The maximum atomic E-state index is 13.4. The Balaban J connectivity index is 1.98. The number of guanidine groups is 1. The minimum atomic E-state index is -0.845. The lowest BCUT2D eigenvalue weighted by molar-refractivity contribution is 0.504. The third-order valence-electron chi connectivity index (χ3n) is 3.41. The van der Waals surface area contributed by atoms with E-state index in [2.05, 4.69) is 20.6 Å². The van der Waals surface area contributed by atoms with Crippen molar-refractivity contribution in [2.75, 3.05) is 13.1 Å². The normalized spacial score (nSPS) is 13.0. The third-order valence-corrected chi connectivity index (χ3v) is 4.38. The Morgan fingerprint density at radius 1 is 1.33 bits per heavy atom. The second-order valence-corrected chi connectivity index (χ2v) is 6.73. The SMILES string of the molecule is CCNC(=NCCc1ncc(C)s1)NC(C)c1ccc(F)c(F)c1. The molecular formula is C17H22F2N4S. The van der Waals surface area contributed by atoms with Crippen LogP contribution in [0.1, 0.15) is 35.3 Å². The molecule has 1 heterocycles. The van der Waals surface area contributed by atoms with Crippen LogP contribution in [0.15, 0.2) is 29.4 Å². The standard InChI is InChI=1S/C17H22F2N4S/c1-4-20-17(21-8-7-16-22-10-11(2)24-16)23-12(3)13-5-6-14(18)15(19)9-13/h5-6,9-10,12H,4,7-8H2,1-3H3,(H2,20,21,23). The van der Waals surface area contributed by atoms with E-state index in [0.29, 0.717) is 24.6 Å². The average molecular weight is 352 g/mol. The lowest BCUT2D eigenvalue weighted by Gasteiger charge is -2.18. The number of rotatable bonds is 6. The monoisotopic (exact) mass is 352 g/mol. The van der Waals surface area contributed by atoms with E-state index in [1.54, 1.807) is 17.4 Å². The fraction of sp³-hybridized carbons (Fsp3) is 0.412. The Hall–Kier alpha value is -2.02. The largest absolute Gasteiger partial charge is 0.357 e. The maximum Gasteiger partial charge on any atom is 0.191 e. The molecule has 1 atom stereocenters. The molecule has 1 aromatic heterocycles. The van der Waals surface area contributed by atoms with Crippen LogP contribution in [0.3, 0.4) is 0 Å². The van der Waals surface area contributed by atoms with E-state index < -0.39 is 11.6 Å². The van der Waals surface area contributed by atoms with Gasteiger partial charge in [0.25, 0.3) is 0 Å².